The average Bonchev–Trinajstić information content (AvgIpc) is 2.51. The Morgan fingerprint density at radius 2 is 1.78 bits per heavy atom. The number of guanidine groups is 1. The van der Waals surface area contributed by atoms with Crippen LogP contribution in [0.15, 0.2) is 4.99 Å². The van der Waals surface area contributed by atoms with Crippen molar-refractivity contribution in [2.24, 2.45) is 16.8 Å². The number of hydrogen-bond donors (Lipinski definition) is 1. The highest BCUT2D eigenvalue weighted by Crippen LogP contribution is 2.20. The molecule has 0 aromatic rings. The summed E-state index contributed by atoms with van der Waals surface area (Å²) in [6.45, 7) is 13.2. The highest BCUT2D eigenvalue weighted by Gasteiger charge is 2.23. The lowest BCUT2D eigenvalue weighted by atomic mass is 9.92. The van der Waals surface area contributed by atoms with E-state index in [2.05, 4.69) is 34.0 Å². The molecule has 2 fully saturated rings. The maximum absolute atomic E-state index is 5.38. The molecular weight excluding hydrogens is 403 g/mol. The number of ether oxygens (including phenoxy) is 1. The summed E-state index contributed by atoms with van der Waals surface area (Å²) in [5, 5.41) is 3.55. The number of aliphatic imine (C=N–C) groups is 1. The third-order valence-electron chi connectivity index (χ3n) is 4.67. The van der Waals surface area contributed by atoms with Gasteiger partial charge in [0.1, 0.15) is 0 Å². The standard InChI is InChI=1S/C17H34N4O.HI/c1-15-12-16(2)14-21(13-15)17(18-3)19-6-4-5-7-20-8-10-22-11-9-20;/h15-16H,4-14H2,1-3H3,(H,18,19);1H. The Hall–Kier alpha value is -0.0800. The van der Waals surface area contributed by atoms with Crippen LogP contribution in [0.5, 0.6) is 0 Å². The third-order valence-corrected chi connectivity index (χ3v) is 4.67. The number of halogens is 1. The Morgan fingerprint density at radius 3 is 2.39 bits per heavy atom. The van der Waals surface area contributed by atoms with Crippen molar-refractivity contribution in [1.29, 1.82) is 0 Å². The maximum atomic E-state index is 5.38. The fraction of sp³-hybridized carbons (Fsp3) is 0.941. The van der Waals surface area contributed by atoms with Crippen molar-refractivity contribution in [3.63, 3.8) is 0 Å². The molecule has 6 heteroatoms. The predicted molar refractivity (Wildman–Crippen MR) is 108 cm³/mol. The van der Waals surface area contributed by atoms with Crippen molar-refractivity contribution in [2.75, 3.05) is 59.5 Å². The zero-order valence-corrected chi connectivity index (χ0v) is 17.4. The second-order valence-corrected chi connectivity index (χ2v) is 6.99. The molecule has 0 amide bonds. The van der Waals surface area contributed by atoms with E-state index < -0.39 is 0 Å². The first-order chi connectivity index (χ1) is 10.7. The molecule has 2 heterocycles. The summed E-state index contributed by atoms with van der Waals surface area (Å²) in [5.41, 5.74) is 0. The number of piperidine rings is 1. The molecule has 2 atom stereocenters. The molecule has 0 bridgehead atoms. The number of hydrogen-bond acceptors (Lipinski definition) is 3. The van der Waals surface area contributed by atoms with E-state index in [4.69, 9.17) is 4.74 Å². The summed E-state index contributed by atoms with van der Waals surface area (Å²) >= 11 is 0. The minimum absolute atomic E-state index is 0. The lowest BCUT2D eigenvalue weighted by Crippen LogP contribution is -2.48. The van der Waals surface area contributed by atoms with Crippen LogP contribution in [0.3, 0.4) is 0 Å². The van der Waals surface area contributed by atoms with Gasteiger partial charge in [-0.25, -0.2) is 0 Å². The highest BCUT2D eigenvalue weighted by atomic mass is 127. The first kappa shape index (κ1) is 21.0. The second kappa shape index (κ2) is 11.5. The summed E-state index contributed by atoms with van der Waals surface area (Å²) in [7, 11) is 1.90. The summed E-state index contributed by atoms with van der Waals surface area (Å²) in [6.07, 6.45) is 3.79. The van der Waals surface area contributed by atoms with Crippen molar-refractivity contribution >= 4 is 29.9 Å². The van der Waals surface area contributed by atoms with Crippen LogP contribution >= 0.6 is 24.0 Å². The molecule has 2 unspecified atom stereocenters. The van der Waals surface area contributed by atoms with Crippen molar-refractivity contribution in [3.8, 4) is 0 Å². The van der Waals surface area contributed by atoms with Crippen molar-refractivity contribution in [2.45, 2.75) is 33.1 Å². The Balaban J connectivity index is 0.00000264. The van der Waals surface area contributed by atoms with Crippen molar-refractivity contribution in [1.82, 2.24) is 15.1 Å². The van der Waals surface area contributed by atoms with Gasteiger partial charge in [-0.2, -0.15) is 0 Å². The third kappa shape index (κ3) is 7.56. The van der Waals surface area contributed by atoms with Gasteiger partial charge in [-0.1, -0.05) is 13.8 Å². The molecule has 5 nitrogen and oxygen atoms in total. The monoisotopic (exact) mass is 438 g/mol. The molecule has 0 spiro atoms. The van der Waals surface area contributed by atoms with Crippen LogP contribution in [0.1, 0.15) is 33.1 Å². The van der Waals surface area contributed by atoms with E-state index in [1.165, 1.54) is 25.8 Å². The SMILES string of the molecule is CN=C(NCCCCN1CCOCC1)N1CC(C)CC(C)C1.I. The molecule has 2 rings (SSSR count). The number of likely N-dealkylation sites (tertiary alicyclic amines) is 1. The molecule has 2 saturated heterocycles. The Labute approximate surface area is 159 Å². The molecule has 0 aliphatic carbocycles. The molecule has 1 N–H and O–H groups in total. The topological polar surface area (TPSA) is 40.1 Å². The van der Waals surface area contributed by atoms with E-state index in [0.717, 1.165) is 63.7 Å². The largest absolute Gasteiger partial charge is 0.379 e. The van der Waals surface area contributed by atoms with E-state index in [1.54, 1.807) is 0 Å². The quantitative estimate of drug-likeness (QED) is 0.310. The Morgan fingerprint density at radius 1 is 1.13 bits per heavy atom. The lowest BCUT2D eigenvalue weighted by molar-refractivity contribution is 0.0372. The first-order valence-electron chi connectivity index (χ1n) is 8.94. The fourth-order valence-corrected chi connectivity index (χ4v) is 3.65. The van der Waals surface area contributed by atoms with Crippen LogP contribution in [0, 0.1) is 11.8 Å². The number of morpholine rings is 1. The van der Waals surface area contributed by atoms with Crippen LogP contribution < -0.4 is 5.32 Å². The normalized spacial score (nSPS) is 26.7. The van der Waals surface area contributed by atoms with E-state index in [1.807, 2.05) is 7.05 Å². The zero-order valence-electron chi connectivity index (χ0n) is 15.1. The van der Waals surface area contributed by atoms with Gasteiger partial charge in [-0.3, -0.25) is 9.89 Å². The van der Waals surface area contributed by atoms with Gasteiger partial charge in [-0.15, -0.1) is 24.0 Å². The fourth-order valence-electron chi connectivity index (χ4n) is 3.65. The summed E-state index contributed by atoms with van der Waals surface area (Å²) in [5.74, 6) is 2.62. The Kier molecular flexibility index (Phi) is 10.5. The van der Waals surface area contributed by atoms with Crippen LogP contribution in [0.2, 0.25) is 0 Å². The van der Waals surface area contributed by atoms with E-state index >= 15 is 0 Å². The van der Waals surface area contributed by atoms with Gasteiger partial charge in [-0.05, 0) is 37.6 Å². The number of nitrogens with one attached hydrogen (secondary N) is 1. The molecule has 0 aromatic heterocycles. The minimum Gasteiger partial charge on any atom is -0.379 e. The van der Waals surface area contributed by atoms with Gasteiger partial charge in [0.25, 0.3) is 0 Å². The van der Waals surface area contributed by atoms with Gasteiger partial charge >= 0.3 is 0 Å². The summed E-state index contributed by atoms with van der Waals surface area (Å²) in [6, 6.07) is 0. The number of nitrogens with zero attached hydrogens (tertiary/aromatic N) is 3. The summed E-state index contributed by atoms with van der Waals surface area (Å²) < 4.78 is 5.38. The molecule has 2 aliphatic heterocycles. The zero-order chi connectivity index (χ0) is 15.8. The van der Waals surface area contributed by atoms with E-state index in [-0.39, 0.29) is 24.0 Å². The molecule has 2 aliphatic rings. The predicted octanol–water partition coefficient (Wildman–Crippen LogP) is 2.27. The maximum Gasteiger partial charge on any atom is 0.193 e. The average molecular weight is 438 g/mol. The molecular formula is C17H35IN4O. The second-order valence-electron chi connectivity index (χ2n) is 6.99. The van der Waals surface area contributed by atoms with Crippen LogP contribution in [-0.2, 0) is 4.74 Å². The molecule has 0 radical (unpaired) electrons. The van der Waals surface area contributed by atoms with Crippen LogP contribution in [0.25, 0.3) is 0 Å². The number of unbranched alkanes of at least 4 members (excludes halogenated alkanes) is 1. The van der Waals surface area contributed by atoms with Gasteiger partial charge in [0, 0.05) is 39.8 Å². The Bertz CT molecular complexity index is 337. The van der Waals surface area contributed by atoms with Crippen molar-refractivity contribution < 1.29 is 4.74 Å². The first-order valence-corrected chi connectivity index (χ1v) is 8.94. The highest BCUT2D eigenvalue weighted by molar-refractivity contribution is 14.0. The minimum atomic E-state index is 0. The van der Waals surface area contributed by atoms with Crippen LogP contribution in [-0.4, -0.2) is 75.3 Å². The van der Waals surface area contributed by atoms with Gasteiger partial charge < -0.3 is 15.0 Å². The van der Waals surface area contributed by atoms with Gasteiger partial charge in [0.2, 0.25) is 0 Å². The molecule has 0 saturated carbocycles. The van der Waals surface area contributed by atoms with Gasteiger partial charge in [0.05, 0.1) is 13.2 Å². The smallest absolute Gasteiger partial charge is 0.193 e. The van der Waals surface area contributed by atoms with E-state index in [9.17, 15) is 0 Å². The van der Waals surface area contributed by atoms with Gasteiger partial charge in [0.15, 0.2) is 5.96 Å². The molecule has 23 heavy (non-hydrogen) atoms. The number of rotatable bonds is 5. The molecule has 136 valence electrons. The van der Waals surface area contributed by atoms with Crippen molar-refractivity contribution in [3.05, 3.63) is 0 Å². The lowest BCUT2D eigenvalue weighted by Gasteiger charge is -2.37. The molecule has 0 aromatic carbocycles. The van der Waals surface area contributed by atoms with Crippen LogP contribution in [0.4, 0.5) is 0 Å². The van der Waals surface area contributed by atoms with E-state index in [0.29, 0.717) is 0 Å². The summed E-state index contributed by atoms with van der Waals surface area (Å²) in [4.78, 5) is 9.41.